The second-order valence-corrected chi connectivity index (χ2v) is 4.88. The zero-order valence-corrected chi connectivity index (χ0v) is 12.6. The van der Waals surface area contributed by atoms with Crippen molar-refractivity contribution in [2.45, 2.75) is 52.2 Å². The van der Waals surface area contributed by atoms with E-state index >= 15 is 0 Å². The Morgan fingerprint density at radius 2 is 1.90 bits per heavy atom. The highest BCUT2D eigenvalue weighted by Gasteiger charge is 2.25. The number of benzene rings is 1. The minimum Gasteiger partial charge on any atom is -0.377 e. The van der Waals surface area contributed by atoms with Gasteiger partial charge in [-0.2, -0.15) is 0 Å². The molecule has 4 heteroatoms. The molecular formula is C16H25F2NO. The van der Waals surface area contributed by atoms with Crippen molar-refractivity contribution in [2.75, 3.05) is 13.2 Å². The minimum atomic E-state index is -0.552. The smallest absolute Gasteiger partial charge is 0.130 e. The van der Waals surface area contributed by atoms with Gasteiger partial charge >= 0.3 is 0 Å². The maximum Gasteiger partial charge on any atom is 0.130 e. The highest BCUT2D eigenvalue weighted by Crippen LogP contribution is 2.25. The first-order valence-corrected chi connectivity index (χ1v) is 7.43. The maximum atomic E-state index is 14.0. The molecule has 20 heavy (non-hydrogen) atoms. The van der Waals surface area contributed by atoms with E-state index in [0.29, 0.717) is 12.2 Å². The molecule has 2 unspecified atom stereocenters. The highest BCUT2D eigenvalue weighted by atomic mass is 19.1. The molecule has 2 nitrogen and oxygen atoms in total. The Hall–Kier alpha value is -1.00. The molecule has 1 rings (SSSR count). The zero-order valence-electron chi connectivity index (χ0n) is 12.6. The van der Waals surface area contributed by atoms with Crippen molar-refractivity contribution in [3.8, 4) is 0 Å². The summed E-state index contributed by atoms with van der Waals surface area (Å²) in [6, 6.07) is 3.51. The number of halogens is 2. The van der Waals surface area contributed by atoms with Crippen LogP contribution in [-0.2, 0) is 4.74 Å². The first-order valence-electron chi connectivity index (χ1n) is 7.43. The van der Waals surface area contributed by atoms with Gasteiger partial charge in [0.2, 0.25) is 0 Å². The Balaban J connectivity index is 3.01. The van der Waals surface area contributed by atoms with Crippen LogP contribution in [0, 0.1) is 11.6 Å². The van der Waals surface area contributed by atoms with Crippen LogP contribution >= 0.6 is 0 Å². The van der Waals surface area contributed by atoms with Crippen molar-refractivity contribution in [1.29, 1.82) is 0 Å². The molecular weight excluding hydrogens is 260 g/mol. The summed E-state index contributed by atoms with van der Waals surface area (Å²) in [5, 5.41) is 3.33. The number of nitrogens with one attached hydrogen (secondary N) is 1. The topological polar surface area (TPSA) is 21.3 Å². The largest absolute Gasteiger partial charge is 0.377 e. The van der Waals surface area contributed by atoms with Crippen molar-refractivity contribution < 1.29 is 13.5 Å². The zero-order chi connectivity index (χ0) is 15.0. The molecule has 0 heterocycles. The van der Waals surface area contributed by atoms with Crippen LogP contribution in [0.25, 0.3) is 0 Å². The van der Waals surface area contributed by atoms with Gasteiger partial charge < -0.3 is 10.1 Å². The van der Waals surface area contributed by atoms with Crippen molar-refractivity contribution in [1.82, 2.24) is 5.32 Å². The fourth-order valence-electron chi connectivity index (χ4n) is 2.34. The Labute approximate surface area is 120 Å². The summed E-state index contributed by atoms with van der Waals surface area (Å²) in [7, 11) is 0. The number of rotatable bonds is 9. The molecule has 0 spiro atoms. The molecule has 0 bridgehead atoms. The van der Waals surface area contributed by atoms with E-state index in [1.54, 1.807) is 0 Å². The van der Waals surface area contributed by atoms with E-state index in [0.717, 1.165) is 31.9 Å². The second-order valence-electron chi connectivity index (χ2n) is 4.88. The molecule has 0 aromatic heterocycles. The van der Waals surface area contributed by atoms with Crippen LogP contribution in [0.3, 0.4) is 0 Å². The van der Waals surface area contributed by atoms with Crippen LogP contribution in [0.2, 0.25) is 0 Å². The standard InChI is InChI=1S/C16H25F2NO/c1-4-7-15(20-6-3)16(19-10-5-2)13-9-8-12(17)11-14(13)18/h8-9,11,15-16,19H,4-7,10H2,1-3H3. The monoisotopic (exact) mass is 285 g/mol. The van der Waals surface area contributed by atoms with Crippen molar-refractivity contribution in [2.24, 2.45) is 0 Å². The van der Waals surface area contributed by atoms with Gasteiger partial charge in [-0.1, -0.05) is 26.3 Å². The van der Waals surface area contributed by atoms with Crippen LogP contribution in [0.1, 0.15) is 51.6 Å². The summed E-state index contributed by atoms with van der Waals surface area (Å²) in [4.78, 5) is 0. The fraction of sp³-hybridized carbons (Fsp3) is 0.625. The Kier molecular flexibility index (Phi) is 7.70. The summed E-state index contributed by atoms with van der Waals surface area (Å²) in [5.41, 5.74) is 0.478. The minimum absolute atomic E-state index is 0.100. The third kappa shape index (κ3) is 4.84. The third-order valence-electron chi connectivity index (χ3n) is 3.24. The summed E-state index contributed by atoms with van der Waals surface area (Å²) in [5.74, 6) is -1.07. The van der Waals surface area contributed by atoms with Crippen LogP contribution in [-0.4, -0.2) is 19.3 Å². The van der Waals surface area contributed by atoms with Crippen molar-refractivity contribution >= 4 is 0 Å². The molecule has 1 aromatic rings. The average Bonchev–Trinajstić information content (AvgIpc) is 2.41. The van der Waals surface area contributed by atoms with E-state index in [4.69, 9.17) is 4.74 Å². The molecule has 0 amide bonds. The van der Waals surface area contributed by atoms with Crippen molar-refractivity contribution in [3.63, 3.8) is 0 Å². The summed E-state index contributed by atoms with van der Waals surface area (Å²) in [6.45, 7) is 7.41. The molecule has 0 aliphatic heterocycles. The molecule has 114 valence electrons. The number of hydrogen-bond donors (Lipinski definition) is 1. The van der Waals surface area contributed by atoms with Gasteiger partial charge in [0, 0.05) is 18.2 Å². The van der Waals surface area contributed by atoms with Crippen LogP contribution in [0.5, 0.6) is 0 Å². The molecule has 0 radical (unpaired) electrons. The fourth-order valence-corrected chi connectivity index (χ4v) is 2.34. The average molecular weight is 285 g/mol. The van der Waals surface area contributed by atoms with E-state index in [-0.39, 0.29) is 12.1 Å². The lowest BCUT2D eigenvalue weighted by Gasteiger charge is -2.28. The lowest BCUT2D eigenvalue weighted by Crippen LogP contribution is -2.35. The molecule has 0 saturated heterocycles. The van der Waals surface area contributed by atoms with Gasteiger partial charge in [0.05, 0.1) is 12.1 Å². The molecule has 1 N–H and O–H groups in total. The van der Waals surface area contributed by atoms with Gasteiger partial charge in [-0.15, -0.1) is 0 Å². The van der Waals surface area contributed by atoms with Gasteiger partial charge in [0.1, 0.15) is 11.6 Å². The van der Waals surface area contributed by atoms with Gasteiger partial charge in [-0.3, -0.25) is 0 Å². The molecule has 2 atom stereocenters. The summed E-state index contributed by atoms with van der Waals surface area (Å²) < 4.78 is 32.9. The van der Waals surface area contributed by atoms with Gasteiger partial charge in [0.15, 0.2) is 0 Å². The Bertz CT molecular complexity index is 392. The van der Waals surface area contributed by atoms with Crippen LogP contribution in [0.15, 0.2) is 18.2 Å². The SMILES string of the molecule is CCCNC(c1ccc(F)cc1F)C(CCC)OCC. The Morgan fingerprint density at radius 1 is 1.15 bits per heavy atom. The molecule has 1 aromatic carbocycles. The quantitative estimate of drug-likeness (QED) is 0.734. The van der Waals surface area contributed by atoms with Crippen LogP contribution < -0.4 is 5.32 Å². The van der Waals surface area contributed by atoms with Crippen molar-refractivity contribution in [3.05, 3.63) is 35.4 Å². The van der Waals surface area contributed by atoms with Gasteiger partial charge in [0.25, 0.3) is 0 Å². The van der Waals surface area contributed by atoms with E-state index in [1.807, 2.05) is 6.92 Å². The van der Waals surface area contributed by atoms with Gasteiger partial charge in [-0.05, 0) is 32.4 Å². The van der Waals surface area contributed by atoms with E-state index in [1.165, 1.54) is 12.1 Å². The first kappa shape index (κ1) is 17.1. The molecule has 0 fully saturated rings. The highest BCUT2D eigenvalue weighted by molar-refractivity contribution is 5.23. The van der Waals surface area contributed by atoms with E-state index < -0.39 is 11.6 Å². The third-order valence-corrected chi connectivity index (χ3v) is 3.24. The first-order chi connectivity index (χ1) is 9.63. The summed E-state index contributed by atoms with van der Waals surface area (Å²) in [6.07, 6.45) is 2.64. The van der Waals surface area contributed by atoms with Gasteiger partial charge in [-0.25, -0.2) is 8.78 Å². The number of ether oxygens (including phenoxy) is 1. The Morgan fingerprint density at radius 3 is 2.45 bits per heavy atom. The van der Waals surface area contributed by atoms with E-state index in [9.17, 15) is 8.78 Å². The lowest BCUT2D eigenvalue weighted by atomic mass is 9.97. The molecule has 0 aliphatic carbocycles. The molecule has 0 aliphatic rings. The molecule has 0 saturated carbocycles. The predicted octanol–water partition coefficient (Wildman–Crippen LogP) is 4.21. The predicted molar refractivity (Wildman–Crippen MR) is 77.7 cm³/mol. The van der Waals surface area contributed by atoms with E-state index in [2.05, 4.69) is 19.2 Å². The van der Waals surface area contributed by atoms with Crippen LogP contribution in [0.4, 0.5) is 8.78 Å². The lowest BCUT2D eigenvalue weighted by molar-refractivity contribution is 0.0267. The summed E-state index contributed by atoms with van der Waals surface area (Å²) >= 11 is 0. The maximum absolute atomic E-state index is 14.0. The second kappa shape index (κ2) is 9.03. The normalized spacial score (nSPS) is 14.2. The number of hydrogen-bond acceptors (Lipinski definition) is 2.